The minimum absolute atomic E-state index is 0.128. The van der Waals surface area contributed by atoms with E-state index in [9.17, 15) is 4.79 Å². The van der Waals surface area contributed by atoms with Crippen molar-refractivity contribution in [3.63, 3.8) is 0 Å². The summed E-state index contributed by atoms with van der Waals surface area (Å²) in [7, 11) is 3.14. The van der Waals surface area contributed by atoms with Gasteiger partial charge in [0, 0.05) is 14.1 Å². The Bertz CT molecular complexity index is 220. The number of amidine groups is 1. The van der Waals surface area contributed by atoms with E-state index in [1.54, 1.807) is 14.1 Å². The molecule has 0 aromatic heterocycles. The van der Waals surface area contributed by atoms with Crippen LogP contribution in [-0.2, 0) is 9.53 Å². The van der Waals surface area contributed by atoms with Crippen LogP contribution >= 0.6 is 0 Å². The molecule has 0 aliphatic carbocycles. The highest BCUT2D eigenvalue weighted by Crippen LogP contribution is 2.11. The standard InChI is InChI=1S/C6H8N2O2/c1-4-5(9)8(3)6(7-2)10-4/h1H2,2-3H3. The van der Waals surface area contributed by atoms with E-state index in [1.807, 2.05) is 0 Å². The Balaban J connectivity index is 2.92. The number of aliphatic imine (C=N–C) groups is 1. The summed E-state index contributed by atoms with van der Waals surface area (Å²) in [5.74, 6) is -0.108. The van der Waals surface area contributed by atoms with Gasteiger partial charge < -0.3 is 4.74 Å². The van der Waals surface area contributed by atoms with Crippen LogP contribution in [0.1, 0.15) is 0 Å². The van der Waals surface area contributed by atoms with Crippen LogP contribution in [0.15, 0.2) is 17.3 Å². The number of ether oxygens (including phenoxy) is 1. The van der Waals surface area contributed by atoms with Crippen molar-refractivity contribution in [2.24, 2.45) is 4.99 Å². The average Bonchev–Trinajstić information content (AvgIpc) is 2.17. The van der Waals surface area contributed by atoms with Gasteiger partial charge >= 0.3 is 0 Å². The fourth-order valence-electron chi connectivity index (χ4n) is 0.692. The third-order valence-corrected chi connectivity index (χ3v) is 1.24. The predicted octanol–water partition coefficient (Wildman–Crippen LogP) is -0.0255. The molecule has 1 fully saturated rings. The topological polar surface area (TPSA) is 41.9 Å². The normalized spacial score (nSPS) is 22.2. The van der Waals surface area contributed by atoms with Crippen molar-refractivity contribution in [1.82, 2.24) is 4.90 Å². The smallest absolute Gasteiger partial charge is 0.299 e. The predicted molar refractivity (Wildman–Crippen MR) is 36.4 cm³/mol. The highest BCUT2D eigenvalue weighted by molar-refractivity contribution is 6.08. The summed E-state index contributed by atoms with van der Waals surface area (Å²) in [4.78, 5) is 15.9. The van der Waals surface area contributed by atoms with Gasteiger partial charge in [0.05, 0.1) is 0 Å². The molecular formula is C6H8N2O2. The number of nitrogens with zero attached hydrogens (tertiary/aromatic N) is 2. The van der Waals surface area contributed by atoms with E-state index >= 15 is 0 Å². The summed E-state index contributed by atoms with van der Waals surface area (Å²) in [6, 6.07) is 0.301. The molecule has 0 N–H and O–H groups in total. The van der Waals surface area contributed by atoms with Crippen molar-refractivity contribution < 1.29 is 9.53 Å². The van der Waals surface area contributed by atoms with Crippen LogP contribution in [0.5, 0.6) is 0 Å². The van der Waals surface area contributed by atoms with Gasteiger partial charge in [0.2, 0.25) is 0 Å². The molecule has 1 aliphatic heterocycles. The van der Waals surface area contributed by atoms with Gasteiger partial charge in [-0.05, 0) is 0 Å². The van der Waals surface area contributed by atoms with Crippen molar-refractivity contribution in [2.45, 2.75) is 0 Å². The van der Waals surface area contributed by atoms with E-state index in [2.05, 4.69) is 11.6 Å². The monoisotopic (exact) mass is 140 g/mol. The Labute approximate surface area is 58.8 Å². The first-order valence-corrected chi connectivity index (χ1v) is 2.78. The minimum atomic E-state index is -0.236. The largest absolute Gasteiger partial charge is 0.420 e. The van der Waals surface area contributed by atoms with E-state index in [4.69, 9.17) is 4.74 Å². The van der Waals surface area contributed by atoms with Crippen LogP contribution in [0.25, 0.3) is 0 Å². The zero-order valence-corrected chi connectivity index (χ0v) is 5.92. The summed E-state index contributed by atoms with van der Waals surface area (Å²) in [6.07, 6.45) is 0. The second-order valence-electron chi connectivity index (χ2n) is 1.90. The van der Waals surface area contributed by atoms with Gasteiger partial charge in [0.15, 0.2) is 5.76 Å². The highest BCUT2D eigenvalue weighted by atomic mass is 16.5. The molecule has 4 heteroatoms. The van der Waals surface area contributed by atoms with Crippen LogP contribution in [0, 0.1) is 0 Å². The summed E-state index contributed by atoms with van der Waals surface area (Å²) < 4.78 is 4.87. The molecule has 0 aromatic carbocycles. The lowest BCUT2D eigenvalue weighted by Gasteiger charge is -2.01. The van der Waals surface area contributed by atoms with Crippen molar-refractivity contribution in [2.75, 3.05) is 14.1 Å². The number of rotatable bonds is 0. The minimum Gasteiger partial charge on any atom is -0.420 e. The maximum atomic E-state index is 10.9. The van der Waals surface area contributed by atoms with Crippen LogP contribution in [0.2, 0.25) is 0 Å². The molecule has 1 amide bonds. The lowest BCUT2D eigenvalue weighted by Crippen LogP contribution is -2.24. The van der Waals surface area contributed by atoms with Crippen LogP contribution in [0.4, 0.5) is 0 Å². The van der Waals surface area contributed by atoms with E-state index < -0.39 is 0 Å². The molecule has 54 valence electrons. The second kappa shape index (κ2) is 2.13. The van der Waals surface area contributed by atoms with E-state index in [1.165, 1.54) is 4.90 Å². The Morgan fingerprint density at radius 2 is 2.30 bits per heavy atom. The van der Waals surface area contributed by atoms with Crippen molar-refractivity contribution in [3.8, 4) is 0 Å². The second-order valence-corrected chi connectivity index (χ2v) is 1.90. The first-order chi connectivity index (χ1) is 4.66. The Hall–Kier alpha value is -1.32. The summed E-state index contributed by atoms with van der Waals surface area (Å²) in [6.45, 7) is 3.39. The lowest BCUT2D eigenvalue weighted by atomic mass is 10.5. The molecular weight excluding hydrogens is 132 g/mol. The molecule has 10 heavy (non-hydrogen) atoms. The van der Waals surface area contributed by atoms with Crippen molar-refractivity contribution >= 4 is 11.9 Å². The molecule has 0 saturated carbocycles. The number of amides is 1. The fourth-order valence-corrected chi connectivity index (χ4v) is 0.692. The summed E-state index contributed by atoms with van der Waals surface area (Å²) in [5.41, 5.74) is 0. The Morgan fingerprint density at radius 3 is 2.50 bits per heavy atom. The molecule has 1 rings (SSSR count). The zero-order chi connectivity index (χ0) is 7.72. The summed E-state index contributed by atoms with van der Waals surface area (Å²) in [5, 5.41) is 0. The molecule has 1 saturated heterocycles. The van der Waals surface area contributed by atoms with E-state index in [0.717, 1.165) is 0 Å². The molecule has 0 aromatic rings. The molecule has 0 spiro atoms. The molecule has 0 atom stereocenters. The van der Waals surface area contributed by atoms with Gasteiger partial charge in [-0.15, -0.1) is 0 Å². The molecule has 1 aliphatic rings. The number of carbonyl (C=O) groups excluding carboxylic acids is 1. The number of likely N-dealkylation sites (N-methyl/N-ethyl adjacent to an activating group) is 1. The van der Waals surface area contributed by atoms with Gasteiger partial charge in [-0.2, -0.15) is 0 Å². The lowest BCUT2D eigenvalue weighted by molar-refractivity contribution is -0.122. The number of hydrogen-bond acceptors (Lipinski definition) is 3. The Kier molecular flexibility index (Phi) is 1.45. The van der Waals surface area contributed by atoms with E-state index in [-0.39, 0.29) is 11.7 Å². The van der Waals surface area contributed by atoms with Gasteiger partial charge in [0.1, 0.15) is 0 Å². The van der Waals surface area contributed by atoms with Gasteiger partial charge in [-0.3, -0.25) is 9.69 Å². The zero-order valence-electron chi connectivity index (χ0n) is 5.92. The van der Waals surface area contributed by atoms with Crippen molar-refractivity contribution in [3.05, 3.63) is 12.3 Å². The average molecular weight is 140 g/mol. The SMILES string of the molecule is C=C1OC(=NC)N(C)C1=O. The van der Waals surface area contributed by atoms with Gasteiger partial charge in [-0.25, -0.2) is 4.99 Å². The van der Waals surface area contributed by atoms with Gasteiger partial charge in [-0.1, -0.05) is 6.58 Å². The van der Waals surface area contributed by atoms with Crippen LogP contribution in [-0.4, -0.2) is 30.9 Å². The molecule has 0 bridgehead atoms. The maximum Gasteiger partial charge on any atom is 0.299 e. The fraction of sp³-hybridized carbons (Fsp3) is 0.333. The molecule has 4 nitrogen and oxygen atoms in total. The van der Waals surface area contributed by atoms with Crippen LogP contribution in [0.3, 0.4) is 0 Å². The first kappa shape index (κ1) is 6.80. The third kappa shape index (κ3) is 0.775. The summed E-state index contributed by atoms with van der Waals surface area (Å²) >= 11 is 0. The van der Waals surface area contributed by atoms with Crippen LogP contribution < -0.4 is 0 Å². The Morgan fingerprint density at radius 1 is 1.70 bits per heavy atom. The molecule has 0 radical (unpaired) electrons. The maximum absolute atomic E-state index is 10.9. The highest BCUT2D eigenvalue weighted by Gasteiger charge is 2.29. The quantitative estimate of drug-likeness (QED) is 0.443. The molecule has 1 heterocycles. The third-order valence-electron chi connectivity index (χ3n) is 1.24. The van der Waals surface area contributed by atoms with Gasteiger partial charge in [0.25, 0.3) is 11.9 Å². The first-order valence-electron chi connectivity index (χ1n) is 2.78. The number of hydrogen-bond donors (Lipinski definition) is 0. The van der Waals surface area contributed by atoms with Crippen molar-refractivity contribution in [1.29, 1.82) is 0 Å². The van der Waals surface area contributed by atoms with E-state index in [0.29, 0.717) is 6.02 Å². The number of carbonyl (C=O) groups is 1. The molecule has 0 unspecified atom stereocenters.